The Morgan fingerprint density at radius 3 is 1.25 bits per heavy atom. The maximum absolute atomic E-state index is 13.0. The number of rotatable bonds is 58. The number of esters is 1. The zero-order valence-electron chi connectivity index (χ0n) is 50.2. The van der Waals surface area contributed by atoms with E-state index >= 15 is 0 Å². The summed E-state index contributed by atoms with van der Waals surface area (Å²) in [5, 5.41) is 54.2. The van der Waals surface area contributed by atoms with Crippen LogP contribution in [0.15, 0.2) is 24.3 Å². The number of ether oxygens (including phenoxy) is 3. The van der Waals surface area contributed by atoms with Gasteiger partial charge in [-0.05, 0) is 57.8 Å². The summed E-state index contributed by atoms with van der Waals surface area (Å²) in [7, 11) is 0. The van der Waals surface area contributed by atoms with E-state index in [1.165, 1.54) is 218 Å². The number of aliphatic hydroxyl groups excluding tert-OH is 5. The second kappa shape index (κ2) is 56.0. The van der Waals surface area contributed by atoms with E-state index in [2.05, 4.69) is 31.3 Å². The van der Waals surface area contributed by atoms with E-state index in [0.29, 0.717) is 19.4 Å². The minimum Gasteiger partial charge on any atom is -0.466 e. The highest BCUT2D eigenvalue weighted by molar-refractivity contribution is 5.76. The van der Waals surface area contributed by atoms with Gasteiger partial charge in [0.05, 0.1) is 32.0 Å². The Morgan fingerprint density at radius 1 is 0.468 bits per heavy atom. The zero-order chi connectivity index (χ0) is 55.9. The number of allylic oxidation sites excluding steroid dienone is 3. The van der Waals surface area contributed by atoms with E-state index < -0.39 is 49.5 Å². The molecule has 454 valence electrons. The van der Waals surface area contributed by atoms with Crippen LogP contribution in [-0.2, 0) is 23.8 Å². The average molecular weight is 1090 g/mol. The fraction of sp³-hybridized carbons (Fsp3) is 0.909. The van der Waals surface area contributed by atoms with Crippen molar-refractivity contribution < 1.29 is 49.3 Å². The molecule has 0 radical (unpaired) electrons. The van der Waals surface area contributed by atoms with Crippen LogP contribution in [-0.4, -0.2) is 100 Å². The van der Waals surface area contributed by atoms with E-state index in [1.54, 1.807) is 6.08 Å². The molecular formula is C66H125NO10. The Labute approximate surface area is 473 Å². The molecule has 1 fully saturated rings. The highest BCUT2D eigenvalue weighted by Crippen LogP contribution is 2.23. The summed E-state index contributed by atoms with van der Waals surface area (Å²) in [5.41, 5.74) is 0. The van der Waals surface area contributed by atoms with Crippen LogP contribution in [0, 0.1) is 0 Å². The number of unbranched alkanes of at least 4 members (excludes halogenated alkanes) is 42. The van der Waals surface area contributed by atoms with Crippen molar-refractivity contribution in [3.63, 3.8) is 0 Å². The molecule has 11 heteroatoms. The molecule has 1 aliphatic rings. The van der Waals surface area contributed by atoms with Gasteiger partial charge in [0.2, 0.25) is 5.91 Å². The quantitative estimate of drug-likeness (QED) is 0.0195. The molecule has 6 N–H and O–H groups in total. The zero-order valence-corrected chi connectivity index (χ0v) is 50.2. The average Bonchev–Trinajstić information content (AvgIpc) is 3.43. The van der Waals surface area contributed by atoms with Gasteiger partial charge < -0.3 is 45.1 Å². The molecule has 1 heterocycles. The molecule has 0 aromatic heterocycles. The molecule has 1 rings (SSSR count). The first-order valence-corrected chi connectivity index (χ1v) is 33.1. The number of aliphatic hydroxyl groups is 5. The topological polar surface area (TPSA) is 175 Å². The minimum absolute atomic E-state index is 0.000140. The van der Waals surface area contributed by atoms with E-state index in [-0.39, 0.29) is 18.5 Å². The van der Waals surface area contributed by atoms with Crippen LogP contribution in [0.3, 0.4) is 0 Å². The van der Waals surface area contributed by atoms with Crippen molar-refractivity contribution in [1.82, 2.24) is 5.32 Å². The molecule has 0 aliphatic carbocycles. The molecule has 0 aromatic carbocycles. The SMILES string of the molecule is CCCCCCCCC/C=C/C(O)C(COC1OC(CO)C(O)C(O)C1O)NC(=O)CCCCCCCCC/C=C\CCCCCCCCCCCCOC(=O)CCCCCCCCCCCCCCCCCCCCC. The normalized spacial score (nSPS) is 18.7. The summed E-state index contributed by atoms with van der Waals surface area (Å²) in [5.74, 6) is -0.190. The van der Waals surface area contributed by atoms with Gasteiger partial charge in [0, 0.05) is 12.8 Å². The van der Waals surface area contributed by atoms with E-state index in [1.807, 2.05) is 6.08 Å². The van der Waals surface area contributed by atoms with Gasteiger partial charge in [-0.25, -0.2) is 0 Å². The van der Waals surface area contributed by atoms with Crippen LogP contribution < -0.4 is 5.32 Å². The Morgan fingerprint density at radius 2 is 0.831 bits per heavy atom. The van der Waals surface area contributed by atoms with Crippen molar-refractivity contribution >= 4 is 11.9 Å². The van der Waals surface area contributed by atoms with Gasteiger partial charge in [-0.2, -0.15) is 0 Å². The van der Waals surface area contributed by atoms with Crippen LogP contribution in [0.1, 0.15) is 322 Å². The summed E-state index contributed by atoms with van der Waals surface area (Å²) >= 11 is 0. The number of amides is 1. The van der Waals surface area contributed by atoms with Crippen molar-refractivity contribution in [3.05, 3.63) is 24.3 Å². The van der Waals surface area contributed by atoms with E-state index in [9.17, 15) is 35.1 Å². The fourth-order valence-electron chi connectivity index (χ4n) is 10.5. The lowest BCUT2D eigenvalue weighted by Crippen LogP contribution is -2.60. The van der Waals surface area contributed by atoms with Gasteiger partial charge in [0.25, 0.3) is 0 Å². The van der Waals surface area contributed by atoms with E-state index in [4.69, 9.17) is 14.2 Å². The predicted molar refractivity (Wildman–Crippen MR) is 320 cm³/mol. The number of hydrogen-bond donors (Lipinski definition) is 6. The van der Waals surface area contributed by atoms with Gasteiger partial charge in [0.15, 0.2) is 6.29 Å². The Hall–Kier alpha value is -1.86. The smallest absolute Gasteiger partial charge is 0.305 e. The van der Waals surface area contributed by atoms with Gasteiger partial charge in [0.1, 0.15) is 24.4 Å². The molecule has 11 nitrogen and oxygen atoms in total. The number of hydrogen-bond acceptors (Lipinski definition) is 10. The molecule has 7 atom stereocenters. The van der Waals surface area contributed by atoms with Crippen molar-refractivity contribution in [2.45, 2.75) is 365 Å². The van der Waals surface area contributed by atoms with Gasteiger partial charge >= 0.3 is 5.97 Å². The molecular weight excluding hydrogens is 967 g/mol. The maximum Gasteiger partial charge on any atom is 0.305 e. The Balaban J connectivity index is 1.96. The van der Waals surface area contributed by atoms with Gasteiger partial charge in [-0.3, -0.25) is 9.59 Å². The number of carbonyl (C=O) groups excluding carboxylic acids is 2. The van der Waals surface area contributed by atoms with Crippen LogP contribution in [0.2, 0.25) is 0 Å². The summed E-state index contributed by atoms with van der Waals surface area (Å²) in [6.45, 7) is 4.33. The highest BCUT2D eigenvalue weighted by Gasteiger charge is 2.44. The summed E-state index contributed by atoms with van der Waals surface area (Å²) < 4.78 is 16.7. The molecule has 0 aromatic rings. The van der Waals surface area contributed by atoms with Crippen LogP contribution in [0.4, 0.5) is 0 Å². The number of nitrogens with one attached hydrogen (secondary N) is 1. The second-order valence-electron chi connectivity index (χ2n) is 23.2. The first-order chi connectivity index (χ1) is 37.7. The summed E-state index contributed by atoms with van der Waals surface area (Å²) in [6, 6.07) is -0.814. The monoisotopic (exact) mass is 1090 g/mol. The fourth-order valence-corrected chi connectivity index (χ4v) is 10.5. The highest BCUT2D eigenvalue weighted by atomic mass is 16.7. The standard InChI is InChI=1S/C66H125NO10/c1-3-5-7-9-11-13-14-15-16-17-21-25-28-31-34-38-42-46-50-54-62(71)75-55-51-47-43-39-35-32-29-26-23-20-18-19-22-24-27-30-33-37-41-45-49-53-61(70)67-58(59(69)52-48-44-40-36-12-10-8-6-4-2)57-76-66-65(74)64(73)63(72)60(56-68)77-66/h19,22,48,52,58-60,63-66,68-69,72-74H,3-18,20-21,23-47,49-51,53-57H2,1-2H3,(H,67,70)/b22-19-,52-48+. The van der Waals surface area contributed by atoms with Crippen molar-refractivity contribution in [3.8, 4) is 0 Å². The van der Waals surface area contributed by atoms with Gasteiger partial charge in [-0.1, -0.05) is 276 Å². The third-order valence-corrected chi connectivity index (χ3v) is 15.8. The lowest BCUT2D eigenvalue weighted by molar-refractivity contribution is -0.302. The van der Waals surface area contributed by atoms with Gasteiger partial charge in [-0.15, -0.1) is 0 Å². The van der Waals surface area contributed by atoms with Crippen LogP contribution in [0.25, 0.3) is 0 Å². The Kier molecular flexibility index (Phi) is 53.2. The largest absolute Gasteiger partial charge is 0.466 e. The first kappa shape index (κ1) is 73.2. The maximum atomic E-state index is 13.0. The molecule has 1 aliphatic heterocycles. The molecule has 1 saturated heterocycles. The number of carbonyl (C=O) groups is 2. The molecule has 0 bridgehead atoms. The molecule has 0 spiro atoms. The first-order valence-electron chi connectivity index (χ1n) is 33.1. The Bertz CT molecular complexity index is 1330. The third-order valence-electron chi connectivity index (χ3n) is 15.8. The molecule has 1 amide bonds. The second-order valence-corrected chi connectivity index (χ2v) is 23.2. The molecule has 77 heavy (non-hydrogen) atoms. The van der Waals surface area contributed by atoms with E-state index in [0.717, 1.165) is 77.0 Å². The molecule has 7 unspecified atom stereocenters. The summed E-state index contributed by atoms with van der Waals surface area (Å²) in [4.78, 5) is 25.1. The predicted octanol–water partition coefficient (Wildman–Crippen LogP) is 16.1. The van der Waals surface area contributed by atoms with Crippen molar-refractivity contribution in [2.75, 3.05) is 19.8 Å². The lowest BCUT2D eigenvalue weighted by atomic mass is 9.99. The molecule has 0 saturated carbocycles. The minimum atomic E-state index is -1.57. The lowest BCUT2D eigenvalue weighted by Gasteiger charge is -2.40. The third kappa shape index (κ3) is 45.4. The van der Waals surface area contributed by atoms with Crippen LogP contribution >= 0.6 is 0 Å². The van der Waals surface area contributed by atoms with Crippen LogP contribution in [0.5, 0.6) is 0 Å². The van der Waals surface area contributed by atoms with Crippen molar-refractivity contribution in [2.24, 2.45) is 0 Å². The summed E-state index contributed by atoms with van der Waals surface area (Å²) in [6.07, 6.45) is 58.8. The van der Waals surface area contributed by atoms with Crippen molar-refractivity contribution in [1.29, 1.82) is 0 Å².